The predicted molar refractivity (Wildman–Crippen MR) is 78.9 cm³/mol. The van der Waals surface area contributed by atoms with Crippen molar-refractivity contribution < 1.29 is 23.9 Å². The van der Waals surface area contributed by atoms with E-state index in [1.54, 1.807) is 37.5 Å². The minimum atomic E-state index is -0.636. The molecule has 0 radical (unpaired) electrons. The summed E-state index contributed by atoms with van der Waals surface area (Å²) in [6.07, 6.45) is 3.83. The zero-order chi connectivity index (χ0) is 15.9. The van der Waals surface area contributed by atoms with Crippen LogP contribution >= 0.6 is 0 Å². The van der Waals surface area contributed by atoms with Crippen molar-refractivity contribution >= 4 is 23.9 Å². The van der Waals surface area contributed by atoms with E-state index in [9.17, 15) is 14.4 Å². The van der Waals surface area contributed by atoms with E-state index in [-0.39, 0.29) is 5.91 Å². The largest absolute Gasteiger partial charge is 0.497 e. The Hall–Kier alpha value is -2.63. The molecule has 22 heavy (non-hydrogen) atoms. The van der Waals surface area contributed by atoms with Crippen LogP contribution in [0, 0.1) is 0 Å². The Labute approximate surface area is 128 Å². The number of nitrogens with zero attached hydrogens (tertiary/aromatic N) is 1. The number of hydrogen-bond acceptors (Lipinski definition) is 5. The van der Waals surface area contributed by atoms with Crippen molar-refractivity contribution in [2.24, 2.45) is 0 Å². The Morgan fingerprint density at radius 2 is 2.18 bits per heavy atom. The van der Waals surface area contributed by atoms with Gasteiger partial charge in [0.1, 0.15) is 5.75 Å². The van der Waals surface area contributed by atoms with Crippen molar-refractivity contribution in [1.29, 1.82) is 0 Å². The van der Waals surface area contributed by atoms with Crippen LogP contribution in [0.3, 0.4) is 0 Å². The fourth-order valence-electron chi connectivity index (χ4n) is 2.08. The summed E-state index contributed by atoms with van der Waals surface area (Å²) in [5.74, 6) is -0.653. The third kappa shape index (κ3) is 4.18. The Kier molecular flexibility index (Phi) is 5.30. The van der Waals surface area contributed by atoms with Crippen molar-refractivity contribution in [2.45, 2.75) is 12.8 Å². The van der Waals surface area contributed by atoms with Crippen LogP contribution in [0.15, 0.2) is 30.3 Å². The van der Waals surface area contributed by atoms with Crippen molar-refractivity contribution in [2.75, 3.05) is 20.3 Å². The number of carbonyl (C=O) groups excluding carboxylic acids is 3. The Morgan fingerprint density at radius 3 is 2.86 bits per heavy atom. The average Bonchev–Trinajstić information content (AvgIpc) is 2.97. The molecule has 1 aliphatic rings. The van der Waals surface area contributed by atoms with Gasteiger partial charge >= 0.3 is 5.97 Å². The van der Waals surface area contributed by atoms with Crippen LogP contribution in [0.2, 0.25) is 0 Å². The third-order valence-electron chi connectivity index (χ3n) is 3.22. The number of esters is 1. The maximum atomic E-state index is 11.7. The SMILES string of the molecule is COc1cccc(/C=C/C(=O)OCC(=O)N2CCCC2=O)c1. The summed E-state index contributed by atoms with van der Waals surface area (Å²) in [6, 6.07) is 7.16. The van der Waals surface area contributed by atoms with Gasteiger partial charge in [-0.1, -0.05) is 12.1 Å². The molecule has 2 rings (SSSR count). The number of methoxy groups -OCH3 is 1. The minimum absolute atomic E-state index is 0.215. The molecule has 0 aliphatic carbocycles. The quantitative estimate of drug-likeness (QED) is 0.607. The van der Waals surface area contributed by atoms with Crippen LogP contribution in [-0.4, -0.2) is 42.9 Å². The zero-order valence-electron chi connectivity index (χ0n) is 12.3. The number of imide groups is 1. The van der Waals surface area contributed by atoms with E-state index in [1.165, 1.54) is 6.08 Å². The molecule has 0 unspecified atom stereocenters. The van der Waals surface area contributed by atoms with Crippen LogP contribution in [0.1, 0.15) is 18.4 Å². The molecule has 1 fully saturated rings. The smallest absolute Gasteiger partial charge is 0.331 e. The first-order valence-corrected chi connectivity index (χ1v) is 6.92. The number of benzene rings is 1. The van der Waals surface area contributed by atoms with E-state index in [4.69, 9.17) is 9.47 Å². The van der Waals surface area contributed by atoms with Gasteiger partial charge in [-0.3, -0.25) is 14.5 Å². The maximum absolute atomic E-state index is 11.7. The highest BCUT2D eigenvalue weighted by atomic mass is 16.5. The highest BCUT2D eigenvalue weighted by molar-refractivity contribution is 5.98. The molecule has 0 spiro atoms. The van der Waals surface area contributed by atoms with Crippen LogP contribution in [0.25, 0.3) is 6.08 Å². The highest BCUT2D eigenvalue weighted by Crippen LogP contribution is 2.13. The molecule has 1 aliphatic heterocycles. The molecular weight excluding hydrogens is 286 g/mol. The molecule has 0 saturated carbocycles. The number of carbonyl (C=O) groups is 3. The van der Waals surface area contributed by atoms with Gasteiger partial charge < -0.3 is 9.47 Å². The molecule has 1 saturated heterocycles. The van der Waals surface area contributed by atoms with Gasteiger partial charge in [0.2, 0.25) is 5.91 Å². The molecule has 0 N–H and O–H groups in total. The third-order valence-corrected chi connectivity index (χ3v) is 3.22. The first-order valence-electron chi connectivity index (χ1n) is 6.92. The lowest BCUT2D eigenvalue weighted by Crippen LogP contribution is -2.35. The molecule has 1 aromatic rings. The van der Waals surface area contributed by atoms with E-state index in [1.807, 2.05) is 0 Å². The van der Waals surface area contributed by atoms with Gasteiger partial charge in [-0.05, 0) is 30.2 Å². The van der Waals surface area contributed by atoms with E-state index in [0.717, 1.165) is 10.5 Å². The van der Waals surface area contributed by atoms with Crippen LogP contribution in [0.5, 0.6) is 5.75 Å². The van der Waals surface area contributed by atoms with Crippen LogP contribution in [-0.2, 0) is 19.1 Å². The molecule has 0 atom stereocenters. The fraction of sp³-hybridized carbons (Fsp3) is 0.312. The first-order chi connectivity index (χ1) is 10.6. The van der Waals surface area contributed by atoms with Crippen LogP contribution in [0.4, 0.5) is 0 Å². The van der Waals surface area contributed by atoms with Crippen LogP contribution < -0.4 is 4.74 Å². The predicted octanol–water partition coefficient (Wildman–Crippen LogP) is 1.40. The van der Waals surface area contributed by atoms with E-state index in [2.05, 4.69) is 0 Å². The number of amides is 2. The molecule has 6 heteroatoms. The number of hydrogen-bond donors (Lipinski definition) is 0. The van der Waals surface area contributed by atoms with Crippen molar-refractivity contribution in [3.05, 3.63) is 35.9 Å². The van der Waals surface area contributed by atoms with Gasteiger partial charge in [0.05, 0.1) is 7.11 Å². The minimum Gasteiger partial charge on any atom is -0.497 e. The number of likely N-dealkylation sites (tertiary alicyclic amines) is 1. The molecular formula is C16H17NO5. The molecule has 116 valence electrons. The summed E-state index contributed by atoms with van der Waals surface area (Å²) in [4.78, 5) is 35.8. The summed E-state index contributed by atoms with van der Waals surface area (Å²) in [5, 5.41) is 0. The molecule has 1 heterocycles. The zero-order valence-corrected chi connectivity index (χ0v) is 12.3. The van der Waals surface area contributed by atoms with E-state index >= 15 is 0 Å². The van der Waals surface area contributed by atoms with Gasteiger partial charge in [-0.15, -0.1) is 0 Å². The topological polar surface area (TPSA) is 72.9 Å². The van der Waals surface area contributed by atoms with Gasteiger partial charge in [-0.25, -0.2) is 4.79 Å². The molecule has 1 aromatic carbocycles. The van der Waals surface area contributed by atoms with Crippen molar-refractivity contribution in [3.8, 4) is 5.75 Å². The summed E-state index contributed by atoms with van der Waals surface area (Å²) in [6.45, 7) is -0.0259. The van der Waals surface area contributed by atoms with Gasteiger partial charge in [-0.2, -0.15) is 0 Å². The first kappa shape index (κ1) is 15.8. The average molecular weight is 303 g/mol. The Bertz CT molecular complexity index is 608. The second-order valence-corrected chi connectivity index (χ2v) is 4.76. The molecule has 2 amide bonds. The van der Waals surface area contributed by atoms with E-state index < -0.39 is 18.5 Å². The lowest BCUT2D eigenvalue weighted by molar-refractivity contribution is -0.151. The Morgan fingerprint density at radius 1 is 1.36 bits per heavy atom. The monoisotopic (exact) mass is 303 g/mol. The standard InChI is InChI=1S/C16H17NO5/c1-21-13-5-2-4-12(10-13)7-8-16(20)22-11-15(19)17-9-3-6-14(17)18/h2,4-5,7-8,10H,3,6,9,11H2,1H3/b8-7+. The number of rotatable bonds is 5. The molecule has 0 aromatic heterocycles. The van der Waals surface area contributed by atoms with Gasteiger partial charge in [0.15, 0.2) is 6.61 Å². The second kappa shape index (κ2) is 7.40. The lowest BCUT2D eigenvalue weighted by Gasteiger charge is -2.12. The summed E-state index contributed by atoms with van der Waals surface area (Å²) < 4.78 is 9.92. The second-order valence-electron chi connectivity index (χ2n) is 4.76. The molecule has 6 nitrogen and oxygen atoms in total. The summed E-state index contributed by atoms with van der Waals surface area (Å²) >= 11 is 0. The van der Waals surface area contributed by atoms with E-state index in [0.29, 0.717) is 25.1 Å². The number of ether oxygens (including phenoxy) is 2. The summed E-state index contributed by atoms with van der Waals surface area (Å²) in [7, 11) is 1.56. The van der Waals surface area contributed by atoms with Crippen molar-refractivity contribution in [1.82, 2.24) is 4.90 Å². The van der Waals surface area contributed by atoms with Gasteiger partial charge in [0, 0.05) is 19.0 Å². The van der Waals surface area contributed by atoms with Crippen molar-refractivity contribution in [3.63, 3.8) is 0 Å². The summed E-state index contributed by atoms with van der Waals surface area (Å²) in [5.41, 5.74) is 0.775. The fourth-order valence-corrected chi connectivity index (χ4v) is 2.08. The molecule has 0 bridgehead atoms. The Balaban J connectivity index is 1.83. The highest BCUT2D eigenvalue weighted by Gasteiger charge is 2.26. The van der Waals surface area contributed by atoms with Gasteiger partial charge in [0.25, 0.3) is 5.91 Å². The lowest BCUT2D eigenvalue weighted by atomic mass is 10.2. The maximum Gasteiger partial charge on any atom is 0.331 e. The normalized spacial score (nSPS) is 14.4.